The molecule has 0 bridgehead atoms. The molecule has 2 rings (SSSR count). The lowest BCUT2D eigenvalue weighted by Gasteiger charge is -2.25. The van der Waals surface area contributed by atoms with Crippen LogP contribution in [0.1, 0.15) is 30.1 Å². The molecule has 1 aromatic heterocycles. The molecule has 1 N–H and O–H groups in total. The molecule has 0 amide bonds. The summed E-state index contributed by atoms with van der Waals surface area (Å²) in [5.74, 6) is 1.02. The second-order valence-electron chi connectivity index (χ2n) is 6.10. The third-order valence-electron chi connectivity index (χ3n) is 3.95. The fraction of sp³-hybridized carbons (Fsp3) is 0.444. The van der Waals surface area contributed by atoms with Crippen molar-refractivity contribution < 1.29 is 4.42 Å². The monoisotopic (exact) mass is 327 g/mol. The number of nitriles is 1. The molecule has 0 saturated carbocycles. The van der Waals surface area contributed by atoms with Crippen molar-refractivity contribution in [3.05, 3.63) is 41.4 Å². The molecule has 2 aromatic rings. The summed E-state index contributed by atoms with van der Waals surface area (Å²) in [6.07, 6.45) is 0.666. The van der Waals surface area contributed by atoms with Crippen molar-refractivity contribution in [1.82, 2.24) is 9.88 Å². The zero-order chi connectivity index (χ0) is 17.7. The first kappa shape index (κ1) is 17.8. The maximum Gasteiger partial charge on any atom is 0.232 e. The summed E-state index contributed by atoms with van der Waals surface area (Å²) in [4.78, 5) is 8.38. The SMILES string of the molecule is CCc1nc(C#N)c(NCC(c2ccc(N(C)C)cc2)N(C)C)o1. The van der Waals surface area contributed by atoms with Crippen molar-refractivity contribution in [3.8, 4) is 6.07 Å². The van der Waals surface area contributed by atoms with E-state index < -0.39 is 0 Å². The average Bonchev–Trinajstić information content (AvgIpc) is 2.97. The summed E-state index contributed by atoms with van der Waals surface area (Å²) < 4.78 is 5.60. The number of rotatable bonds is 7. The number of oxazole rings is 1. The van der Waals surface area contributed by atoms with Crippen LogP contribution in [0, 0.1) is 11.3 Å². The Morgan fingerprint density at radius 1 is 1.21 bits per heavy atom. The zero-order valence-corrected chi connectivity index (χ0v) is 15.0. The topological polar surface area (TPSA) is 68.3 Å². The van der Waals surface area contributed by atoms with Gasteiger partial charge in [0.25, 0.3) is 0 Å². The van der Waals surface area contributed by atoms with E-state index in [9.17, 15) is 5.26 Å². The molecule has 1 atom stereocenters. The van der Waals surface area contributed by atoms with Crippen molar-refractivity contribution in [2.24, 2.45) is 0 Å². The first-order chi connectivity index (χ1) is 11.5. The molecule has 0 saturated heterocycles. The third-order valence-corrected chi connectivity index (χ3v) is 3.95. The van der Waals surface area contributed by atoms with E-state index in [1.807, 2.05) is 35.1 Å². The van der Waals surface area contributed by atoms with Gasteiger partial charge in [-0.05, 0) is 31.8 Å². The molecule has 0 aliphatic heterocycles. The predicted octanol–water partition coefficient (Wildman–Crippen LogP) is 2.89. The van der Waals surface area contributed by atoms with Gasteiger partial charge in [0.15, 0.2) is 5.89 Å². The highest BCUT2D eigenvalue weighted by Crippen LogP contribution is 2.23. The van der Waals surface area contributed by atoms with Crippen LogP contribution >= 0.6 is 0 Å². The Morgan fingerprint density at radius 2 is 1.88 bits per heavy atom. The smallest absolute Gasteiger partial charge is 0.232 e. The van der Waals surface area contributed by atoms with Crippen LogP contribution in [-0.2, 0) is 6.42 Å². The maximum absolute atomic E-state index is 9.17. The molecule has 1 heterocycles. The molecule has 1 unspecified atom stereocenters. The van der Waals surface area contributed by atoms with Gasteiger partial charge in [-0.15, -0.1) is 0 Å². The van der Waals surface area contributed by atoms with Gasteiger partial charge in [-0.1, -0.05) is 19.1 Å². The van der Waals surface area contributed by atoms with Crippen molar-refractivity contribution in [2.75, 3.05) is 45.0 Å². The minimum atomic E-state index is 0.155. The molecule has 0 radical (unpaired) electrons. The van der Waals surface area contributed by atoms with Gasteiger partial charge < -0.3 is 19.5 Å². The molecule has 6 heteroatoms. The number of hydrogen-bond donors (Lipinski definition) is 1. The van der Waals surface area contributed by atoms with E-state index in [1.54, 1.807) is 0 Å². The Labute approximate surface area is 143 Å². The molecule has 0 aliphatic rings. The highest BCUT2D eigenvalue weighted by molar-refractivity contribution is 5.48. The van der Waals surface area contributed by atoms with Crippen LogP contribution in [0.2, 0.25) is 0 Å². The van der Waals surface area contributed by atoms with Gasteiger partial charge in [0.1, 0.15) is 6.07 Å². The third kappa shape index (κ3) is 4.06. The van der Waals surface area contributed by atoms with Crippen molar-refractivity contribution in [2.45, 2.75) is 19.4 Å². The summed E-state index contributed by atoms with van der Waals surface area (Å²) >= 11 is 0. The lowest BCUT2D eigenvalue weighted by molar-refractivity contribution is 0.310. The number of nitrogens with zero attached hydrogens (tertiary/aromatic N) is 4. The fourth-order valence-electron chi connectivity index (χ4n) is 2.49. The second-order valence-corrected chi connectivity index (χ2v) is 6.10. The molecule has 1 aromatic carbocycles. The zero-order valence-electron chi connectivity index (χ0n) is 15.0. The van der Waals surface area contributed by atoms with E-state index >= 15 is 0 Å². The summed E-state index contributed by atoms with van der Waals surface area (Å²) in [7, 11) is 8.13. The van der Waals surface area contributed by atoms with Crippen molar-refractivity contribution >= 4 is 11.6 Å². The summed E-state index contributed by atoms with van der Waals surface area (Å²) in [6.45, 7) is 2.58. The van der Waals surface area contributed by atoms with E-state index in [-0.39, 0.29) is 6.04 Å². The normalized spacial score (nSPS) is 12.0. The number of anilines is 2. The lowest BCUT2D eigenvalue weighted by Crippen LogP contribution is -2.27. The van der Waals surface area contributed by atoms with E-state index in [4.69, 9.17) is 4.42 Å². The van der Waals surface area contributed by atoms with Crippen LogP contribution in [0.5, 0.6) is 0 Å². The largest absolute Gasteiger partial charge is 0.424 e. The number of likely N-dealkylation sites (N-methyl/N-ethyl adjacent to an activating group) is 1. The van der Waals surface area contributed by atoms with E-state index in [0.29, 0.717) is 30.4 Å². The quantitative estimate of drug-likeness (QED) is 0.843. The molecule has 24 heavy (non-hydrogen) atoms. The Morgan fingerprint density at radius 3 is 2.38 bits per heavy atom. The molecule has 0 aliphatic carbocycles. The molecular weight excluding hydrogens is 302 g/mol. The second kappa shape index (κ2) is 7.84. The molecule has 6 nitrogen and oxygen atoms in total. The Hall–Kier alpha value is -2.52. The number of nitrogens with one attached hydrogen (secondary N) is 1. The van der Waals surface area contributed by atoms with Crippen LogP contribution in [0.25, 0.3) is 0 Å². The van der Waals surface area contributed by atoms with Crippen LogP contribution in [0.15, 0.2) is 28.7 Å². The summed E-state index contributed by atoms with van der Waals surface area (Å²) in [5.41, 5.74) is 2.68. The first-order valence-electron chi connectivity index (χ1n) is 8.03. The standard InChI is InChI=1S/C18H25N5O/c1-6-17-21-15(11-19)18(24-17)20-12-16(23(4)5)13-7-9-14(10-8-13)22(2)3/h7-10,16,20H,6,12H2,1-5H3. The van der Waals surface area contributed by atoms with Gasteiger partial charge >= 0.3 is 0 Å². The predicted molar refractivity (Wildman–Crippen MR) is 96.3 cm³/mol. The van der Waals surface area contributed by atoms with Crippen LogP contribution in [0.3, 0.4) is 0 Å². The minimum absolute atomic E-state index is 0.155. The van der Waals surface area contributed by atoms with Gasteiger partial charge in [0.05, 0.1) is 6.04 Å². The van der Waals surface area contributed by atoms with E-state index in [1.165, 1.54) is 11.3 Å². The van der Waals surface area contributed by atoms with Crippen LogP contribution in [-0.4, -0.2) is 44.6 Å². The highest BCUT2D eigenvalue weighted by atomic mass is 16.4. The Bertz CT molecular complexity index is 697. The molecule has 0 fully saturated rings. The molecular formula is C18H25N5O. The molecule has 0 spiro atoms. The van der Waals surface area contributed by atoms with E-state index in [0.717, 1.165) is 0 Å². The number of aromatic nitrogens is 1. The van der Waals surface area contributed by atoms with Gasteiger partial charge in [-0.2, -0.15) is 5.26 Å². The summed E-state index contributed by atoms with van der Waals surface area (Å²) in [5, 5.41) is 12.4. The fourth-order valence-corrected chi connectivity index (χ4v) is 2.49. The number of aryl methyl sites for hydroxylation is 1. The highest BCUT2D eigenvalue weighted by Gasteiger charge is 2.17. The first-order valence-corrected chi connectivity index (χ1v) is 8.03. The minimum Gasteiger partial charge on any atom is -0.424 e. The number of hydrogen-bond acceptors (Lipinski definition) is 6. The van der Waals surface area contributed by atoms with E-state index in [2.05, 4.69) is 50.4 Å². The van der Waals surface area contributed by atoms with Gasteiger partial charge in [0, 0.05) is 32.7 Å². The van der Waals surface area contributed by atoms with Gasteiger partial charge in [-0.25, -0.2) is 4.98 Å². The summed E-state index contributed by atoms with van der Waals surface area (Å²) in [6, 6.07) is 10.7. The van der Waals surface area contributed by atoms with Crippen molar-refractivity contribution in [3.63, 3.8) is 0 Å². The van der Waals surface area contributed by atoms with Crippen LogP contribution in [0.4, 0.5) is 11.6 Å². The van der Waals surface area contributed by atoms with Gasteiger partial charge in [-0.3, -0.25) is 0 Å². The maximum atomic E-state index is 9.17. The number of benzene rings is 1. The molecule has 128 valence electrons. The Kier molecular flexibility index (Phi) is 5.83. The van der Waals surface area contributed by atoms with Crippen molar-refractivity contribution in [1.29, 1.82) is 5.26 Å². The van der Waals surface area contributed by atoms with Gasteiger partial charge in [0.2, 0.25) is 11.6 Å². The lowest BCUT2D eigenvalue weighted by atomic mass is 10.1. The average molecular weight is 327 g/mol. The Balaban J connectivity index is 2.14. The van der Waals surface area contributed by atoms with Crippen LogP contribution < -0.4 is 10.2 Å².